The highest BCUT2D eigenvalue weighted by Gasteiger charge is 2.21. The van der Waals surface area contributed by atoms with Gasteiger partial charge in [-0.25, -0.2) is 0 Å². The second kappa shape index (κ2) is 5.43. The molecular weight excluding hydrogens is 278 g/mol. The molecule has 1 N–H and O–H groups in total. The topological polar surface area (TPSA) is 55.6 Å². The average Bonchev–Trinajstić information content (AvgIpc) is 2.85. The van der Waals surface area contributed by atoms with Gasteiger partial charge in [0, 0.05) is 6.04 Å². The van der Waals surface area contributed by atoms with E-state index >= 15 is 0 Å². The number of hydrogen-bond donors (Lipinski definition) is 1. The van der Waals surface area contributed by atoms with Crippen LogP contribution in [0.2, 0.25) is 0 Å². The van der Waals surface area contributed by atoms with Gasteiger partial charge in [0.15, 0.2) is 5.82 Å². The van der Waals surface area contributed by atoms with Crippen molar-refractivity contribution in [2.24, 2.45) is 0 Å². The predicted octanol–water partition coefficient (Wildman–Crippen LogP) is 2.42. The number of nitrogens with one attached hydrogen (secondary N) is 1. The highest BCUT2D eigenvalue weighted by molar-refractivity contribution is 5.45. The molecule has 0 spiro atoms. The fourth-order valence-corrected chi connectivity index (χ4v) is 1.63. The quantitative estimate of drug-likeness (QED) is 0.693. The maximum atomic E-state index is 13.4. The van der Waals surface area contributed by atoms with Gasteiger partial charge in [0.1, 0.15) is 12.0 Å². The van der Waals surface area contributed by atoms with Crippen LogP contribution in [0.1, 0.15) is 25.7 Å². The van der Waals surface area contributed by atoms with E-state index in [0.29, 0.717) is 5.82 Å². The molecule has 0 unspecified atom stereocenters. The Bertz CT molecular complexity index is 599. The van der Waals surface area contributed by atoms with E-state index in [-0.39, 0.29) is 12.6 Å². The largest absolute Gasteiger partial charge is 0.373 e. The molecule has 5 nitrogen and oxygen atoms in total. The summed E-state index contributed by atoms with van der Waals surface area (Å²) in [5.41, 5.74) is -0.923. The second-order valence-electron chi connectivity index (χ2n) is 4.30. The summed E-state index contributed by atoms with van der Waals surface area (Å²) in [7, 11) is 0. The lowest BCUT2D eigenvalue weighted by Gasteiger charge is -2.12. The summed E-state index contributed by atoms with van der Waals surface area (Å²) in [4.78, 5) is 2.47. The molecule has 2 rings (SSSR count). The van der Waals surface area contributed by atoms with E-state index in [2.05, 4.69) is 20.5 Å². The van der Waals surface area contributed by atoms with Crippen molar-refractivity contribution in [1.82, 2.24) is 19.7 Å². The zero-order valence-corrected chi connectivity index (χ0v) is 10.7. The van der Waals surface area contributed by atoms with Gasteiger partial charge in [0.05, 0.1) is 6.54 Å². The highest BCUT2D eigenvalue weighted by Crippen LogP contribution is 2.22. The fraction of sp³-hybridized carbons (Fsp3) is 0.364. The van der Waals surface area contributed by atoms with E-state index in [1.54, 1.807) is 4.57 Å². The average molecular weight is 289 g/mol. The summed E-state index contributed by atoms with van der Waals surface area (Å²) in [5, 5.41) is 9.69. The molecule has 0 atom stereocenters. The van der Waals surface area contributed by atoms with E-state index < -0.39 is 29.2 Å². The molecule has 20 heavy (non-hydrogen) atoms. The van der Waals surface area contributed by atoms with Crippen LogP contribution in [0, 0.1) is 23.5 Å². The van der Waals surface area contributed by atoms with Gasteiger partial charge in [-0.3, -0.25) is 0 Å². The van der Waals surface area contributed by atoms with Crippen LogP contribution in [0.3, 0.4) is 0 Å². The van der Waals surface area contributed by atoms with Crippen LogP contribution in [0.4, 0.5) is 23.2 Å². The molecule has 0 aliphatic heterocycles. The first-order valence-corrected chi connectivity index (χ1v) is 5.74. The van der Waals surface area contributed by atoms with Gasteiger partial charge in [0.25, 0.3) is 11.9 Å². The highest BCUT2D eigenvalue weighted by atomic mass is 19.2. The Morgan fingerprint density at radius 1 is 1.15 bits per heavy atom. The number of nitrogens with zero attached hydrogens (tertiary/aromatic N) is 4. The minimum absolute atomic E-state index is 0.0300. The van der Waals surface area contributed by atoms with Crippen molar-refractivity contribution in [1.29, 1.82) is 0 Å². The Morgan fingerprint density at radius 3 is 2.30 bits per heavy atom. The van der Waals surface area contributed by atoms with Crippen LogP contribution < -0.4 is 5.32 Å². The maximum absolute atomic E-state index is 13.4. The van der Waals surface area contributed by atoms with E-state index in [9.17, 15) is 17.6 Å². The van der Waals surface area contributed by atoms with Crippen LogP contribution in [-0.2, 0) is 6.54 Å². The van der Waals surface area contributed by atoms with Crippen LogP contribution in [0.5, 0.6) is 0 Å². The lowest BCUT2D eigenvalue weighted by Crippen LogP contribution is -2.13. The minimum Gasteiger partial charge on any atom is -0.373 e. The van der Waals surface area contributed by atoms with Crippen molar-refractivity contribution < 1.29 is 17.6 Å². The molecular formula is C11H11F4N5. The van der Waals surface area contributed by atoms with Crippen LogP contribution >= 0.6 is 0 Å². The molecule has 0 radical (unpaired) electrons. The van der Waals surface area contributed by atoms with Gasteiger partial charge in [0.2, 0.25) is 11.6 Å². The lowest BCUT2D eigenvalue weighted by atomic mass is 10.3. The Labute approximate surface area is 111 Å². The number of pyridine rings is 1. The zero-order chi connectivity index (χ0) is 14.9. The summed E-state index contributed by atoms with van der Waals surface area (Å²) < 4.78 is 54.3. The first-order valence-electron chi connectivity index (χ1n) is 5.74. The summed E-state index contributed by atoms with van der Waals surface area (Å²) in [5.74, 6) is -6.22. The number of hydrogen-bond acceptors (Lipinski definition) is 4. The summed E-state index contributed by atoms with van der Waals surface area (Å²) in [6, 6.07) is 0.0300. The van der Waals surface area contributed by atoms with Crippen molar-refractivity contribution >= 4 is 5.69 Å². The molecule has 0 saturated heterocycles. The molecule has 9 heteroatoms. The summed E-state index contributed by atoms with van der Waals surface area (Å²) >= 11 is 0. The molecule has 0 aliphatic rings. The molecule has 108 valence electrons. The van der Waals surface area contributed by atoms with Crippen molar-refractivity contribution in [3.8, 4) is 0 Å². The van der Waals surface area contributed by atoms with E-state index in [1.807, 2.05) is 13.8 Å². The Morgan fingerprint density at radius 2 is 1.75 bits per heavy atom. The molecule has 0 aliphatic carbocycles. The molecule has 0 bridgehead atoms. The normalized spacial score (nSPS) is 11.2. The molecule has 0 fully saturated rings. The number of rotatable bonds is 4. The molecule has 0 aromatic carbocycles. The maximum Gasteiger partial charge on any atom is 0.253 e. The van der Waals surface area contributed by atoms with Gasteiger partial charge in [-0.1, -0.05) is 0 Å². The number of halogens is 4. The number of aromatic nitrogens is 4. The zero-order valence-electron chi connectivity index (χ0n) is 10.7. The lowest BCUT2D eigenvalue weighted by molar-refractivity contribution is 0.410. The van der Waals surface area contributed by atoms with Crippen molar-refractivity contribution in [3.63, 3.8) is 0 Å². The first kappa shape index (κ1) is 14.2. The third-order valence-corrected chi connectivity index (χ3v) is 2.62. The van der Waals surface area contributed by atoms with E-state index in [0.717, 1.165) is 0 Å². The standard InChI is InChI=1S/C11H11F4N5/c1-5(2)20-4-17-19-6(20)3-16-9-7(12)10(14)18-11(15)8(9)13/h4-5H,3H2,1-2H3,(H,16,18). The minimum atomic E-state index is -1.71. The Balaban J connectivity index is 2.25. The monoisotopic (exact) mass is 289 g/mol. The van der Waals surface area contributed by atoms with Gasteiger partial charge in [-0.05, 0) is 13.8 Å². The van der Waals surface area contributed by atoms with Crippen LogP contribution in [-0.4, -0.2) is 19.7 Å². The third-order valence-electron chi connectivity index (χ3n) is 2.62. The molecule has 2 heterocycles. The Kier molecular flexibility index (Phi) is 3.86. The molecule has 0 amide bonds. The molecule has 2 aromatic heterocycles. The van der Waals surface area contributed by atoms with Crippen molar-refractivity contribution in [2.75, 3.05) is 5.32 Å². The van der Waals surface area contributed by atoms with Gasteiger partial charge >= 0.3 is 0 Å². The molecule has 0 saturated carbocycles. The number of anilines is 1. The second-order valence-corrected chi connectivity index (χ2v) is 4.30. The summed E-state index contributed by atoms with van der Waals surface area (Å²) in [6.45, 7) is 3.58. The Hall–Kier alpha value is -2.19. The van der Waals surface area contributed by atoms with Crippen molar-refractivity contribution in [2.45, 2.75) is 26.4 Å². The summed E-state index contributed by atoms with van der Waals surface area (Å²) in [6.07, 6.45) is 1.45. The van der Waals surface area contributed by atoms with Crippen LogP contribution in [0.25, 0.3) is 0 Å². The predicted molar refractivity (Wildman–Crippen MR) is 61.8 cm³/mol. The van der Waals surface area contributed by atoms with Crippen molar-refractivity contribution in [3.05, 3.63) is 35.7 Å². The van der Waals surface area contributed by atoms with Crippen LogP contribution in [0.15, 0.2) is 6.33 Å². The smallest absolute Gasteiger partial charge is 0.253 e. The first-order chi connectivity index (χ1) is 9.41. The van der Waals surface area contributed by atoms with Gasteiger partial charge < -0.3 is 9.88 Å². The van der Waals surface area contributed by atoms with Gasteiger partial charge in [-0.15, -0.1) is 10.2 Å². The van der Waals surface area contributed by atoms with E-state index in [1.165, 1.54) is 6.33 Å². The SMILES string of the molecule is CC(C)n1cnnc1CNc1c(F)c(F)nc(F)c1F. The molecule has 2 aromatic rings. The third kappa shape index (κ3) is 2.56. The van der Waals surface area contributed by atoms with Gasteiger partial charge in [-0.2, -0.15) is 22.5 Å². The van der Waals surface area contributed by atoms with E-state index in [4.69, 9.17) is 0 Å². The fourth-order valence-electron chi connectivity index (χ4n) is 1.63.